The van der Waals surface area contributed by atoms with E-state index in [0.29, 0.717) is 11.3 Å². The Hall–Kier alpha value is -2.41. The highest BCUT2D eigenvalue weighted by atomic mass is 32.2. The minimum Gasteiger partial charge on any atom is -0.340 e. The molecule has 3 heterocycles. The maximum Gasteiger partial charge on any atom is 0.233 e. The fourth-order valence-electron chi connectivity index (χ4n) is 3.34. The van der Waals surface area contributed by atoms with E-state index < -0.39 is 0 Å². The van der Waals surface area contributed by atoms with Crippen LogP contribution >= 0.6 is 11.8 Å². The molecule has 3 aromatic rings. The summed E-state index contributed by atoms with van der Waals surface area (Å²) < 4.78 is 13.4. The Bertz CT molecular complexity index is 914. The number of halogens is 1. The van der Waals surface area contributed by atoms with Gasteiger partial charge in [-0.05, 0) is 49.6 Å². The molecule has 0 radical (unpaired) electrons. The van der Waals surface area contributed by atoms with Gasteiger partial charge in [-0.15, -0.1) is 11.8 Å². The lowest BCUT2D eigenvalue weighted by molar-refractivity contribution is -0.132. The third kappa shape index (κ3) is 3.58. The number of hydrogen-bond acceptors (Lipinski definition) is 4. The average Bonchev–Trinajstić information content (AvgIpc) is 3.10. The van der Waals surface area contributed by atoms with E-state index in [-0.39, 0.29) is 17.8 Å². The van der Waals surface area contributed by atoms with Crippen LogP contribution in [0.1, 0.15) is 31.1 Å². The van der Waals surface area contributed by atoms with E-state index in [1.807, 2.05) is 17.0 Å². The van der Waals surface area contributed by atoms with Crippen molar-refractivity contribution in [3.8, 4) is 0 Å². The summed E-state index contributed by atoms with van der Waals surface area (Å²) in [6, 6.07) is 8.24. The van der Waals surface area contributed by atoms with Crippen molar-refractivity contribution in [3.05, 3.63) is 54.4 Å². The maximum absolute atomic E-state index is 13.4. The molecule has 1 aromatic carbocycles. The molecule has 1 saturated heterocycles. The summed E-state index contributed by atoms with van der Waals surface area (Å²) in [5, 5.41) is 0. The zero-order valence-corrected chi connectivity index (χ0v) is 15.0. The van der Waals surface area contributed by atoms with E-state index in [1.54, 1.807) is 18.5 Å². The molecular formula is C19H19FN4OS. The Morgan fingerprint density at radius 2 is 2.12 bits per heavy atom. The first-order chi connectivity index (χ1) is 12.7. The third-order valence-corrected chi connectivity index (χ3v) is 5.61. The van der Waals surface area contributed by atoms with Gasteiger partial charge in [-0.25, -0.2) is 9.37 Å². The van der Waals surface area contributed by atoms with Crippen LogP contribution in [0, 0.1) is 5.82 Å². The number of piperidine rings is 1. The molecular weight excluding hydrogens is 351 g/mol. The first-order valence-corrected chi connectivity index (χ1v) is 9.67. The molecule has 1 aliphatic rings. The van der Waals surface area contributed by atoms with Crippen LogP contribution in [0.5, 0.6) is 0 Å². The highest BCUT2D eigenvalue weighted by molar-refractivity contribution is 8.00. The quantitative estimate of drug-likeness (QED) is 0.707. The average molecular weight is 370 g/mol. The Labute approximate surface area is 155 Å². The molecule has 4 rings (SSSR count). The van der Waals surface area contributed by atoms with E-state index in [1.165, 1.54) is 23.9 Å². The number of nitrogens with zero attached hydrogens (tertiary/aromatic N) is 3. The SMILES string of the molecule is O=C(CSc1ccncc1)N1CCCC[C@H]1c1nc2ccc(F)cc2[nH]1. The van der Waals surface area contributed by atoms with Crippen LogP contribution in [0.25, 0.3) is 11.0 Å². The fourth-order valence-corrected chi connectivity index (χ4v) is 4.11. The van der Waals surface area contributed by atoms with Gasteiger partial charge in [0.2, 0.25) is 5.91 Å². The van der Waals surface area contributed by atoms with Gasteiger partial charge < -0.3 is 9.88 Å². The van der Waals surface area contributed by atoms with Crippen LogP contribution in [0.2, 0.25) is 0 Å². The Balaban J connectivity index is 1.52. The van der Waals surface area contributed by atoms with Crippen LogP contribution in [0.4, 0.5) is 4.39 Å². The molecule has 1 amide bonds. The summed E-state index contributed by atoms with van der Waals surface area (Å²) in [5.74, 6) is 0.934. The lowest BCUT2D eigenvalue weighted by Crippen LogP contribution is -2.40. The Kier molecular flexibility index (Phi) is 4.88. The van der Waals surface area contributed by atoms with E-state index in [2.05, 4.69) is 15.0 Å². The number of aromatic amines is 1. The van der Waals surface area contributed by atoms with Gasteiger partial charge in [-0.1, -0.05) is 0 Å². The molecule has 1 aliphatic heterocycles. The van der Waals surface area contributed by atoms with Crippen molar-refractivity contribution in [2.45, 2.75) is 30.2 Å². The number of likely N-dealkylation sites (tertiary alicyclic amines) is 1. The minimum atomic E-state index is -0.293. The highest BCUT2D eigenvalue weighted by Crippen LogP contribution is 2.31. The second-order valence-corrected chi connectivity index (χ2v) is 7.40. The predicted octanol–water partition coefficient (Wildman–Crippen LogP) is 3.94. The number of amides is 1. The van der Waals surface area contributed by atoms with Gasteiger partial charge in [-0.2, -0.15) is 0 Å². The molecule has 0 aliphatic carbocycles. The number of H-pyrrole nitrogens is 1. The number of carbonyl (C=O) groups is 1. The zero-order chi connectivity index (χ0) is 17.9. The Morgan fingerprint density at radius 1 is 1.27 bits per heavy atom. The summed E-state index contributed by atoms with van der Waals surface area (Å²) in [4.78, 5) is 27.5. The summed E-state index contributed by atoms with van der Waals surface area (Å²) in [7, 11) is 0. The van der Waals surface area contributed by atoms with Crippen molar-refractivity contribution in [2.75, 3.05) is 12.3 Å². The molecule has 1 fully saturated rings. The lowest BCUT2D eigenvalue weighted by atomic mass is 10.0. The summed E-state index contributed by atoms with van der Waals surface area (Å²) in [6.45, 7) is 0.728. The molecule has 7 heteroatoms. The molecule has 0 saturated carbocycles. The number of benzene rings is 1. The number of carbonyl (C=O) groups excluding carboxylic acids is 1. The van der Waals surface area contributed by atoms with Gasteiger partial charge in [0.15, 0.2) is 0 Å². The zero-order valence-electron chi connectivity index (χ0n) is 14.2. The van der Waals surface area contributed by atoms with Crippen molar-refractivity contribution >= 4 is 28.7 Å². The van der Waals surface area contributed by atoms with Crippen LogP contribution in [-0.2, 0) is 4.79 Å². The fraction of sp³-hybridized carbons (Fsp3) is 0.316. The van der Waals surface area contributed by atoms with Crippen LogP contribution in [0.3, 0.4) is 0 Å². The number of imidazole rings is 1. The number of pyridine rings is 1. The van der Waals surface area contributed by atoms with Crippen LogP contribution < -0.4 is 0 Å². The van der Waals surface area contributed by atoms with Gasteiger partial charge in [0.1, 0.15) is 11.6 Å². The second-order valence-electron chi connectivity index (χ2n) is 6.35. The number of thioether (sulfide) groups is 1. The normalized spacial score (nSPS) is 17.6. The Morgan fingerprint density at radius 3 is 2.96 bits per heavy atom. The number of rotatable bonds is 4. The van der Waals surface area contributed by atoms with E-state index >= 15 is 0 Å². The highest BCUT2D eigenvalue weighted by Gasteiger charge is 2.30. The number of fused-ring (bicyclic) bond motifs is 1. The molecule has 0 unspecified atom stereocenters. The topological polar surface area (TPSA) is 61.9 Å². The van der Waals surface area contributed by atoms with Crippen molar-refractivity contribution < 1.29 is 9.18 Å². The molecule has 134 valence electrons. The van der Waals surface area contributed by atoms with E-state index in [9.17, 15) is 9.18 Å². The van der Waals surface area contributed by atoms with E-state index in [4.69, 9.17) is 0 Å². The number of aromatic nitrogens is 3. The largest absolute Gasteiger partial charge is 0.340 e. The standard InChI is InChI=1S/C19H19FN4OS/c20-13-4-5-15-16(11-13)23-19(22-15)17-3-1-2-10-24(17)18(25)12-26-14-6-8-21-9-7-14/h4-9,11,17H,1-3,10,12H2,(H,22,23)/t17-/m0/s1. The van der Waals surface area contributed by atoms with Crippen molar-refractivity contribution in [1.29, 1.82) is 0 Å². The van der Waals surface area contributed by atoms with Crippen molar-refractivity contribution in [1.82, 2.24) is 19.9 Å². The second kappa shape index (κ2) is 7.45. The van der Waals surface area contributed by atoms with Gasteiger partial charge in [0.05, 0.1) is 22.8 Å². The molecule has 2 aromatic heterocycles. The van der Waals surface area contributed by atoms with Crippen molar-refractivity contribution in [3.63, 3.8) is 0 Å². The molecule has 5 nitrogen and oxygen atoms in total. The molecule has 0 spiro atoms. The summed E-state index contributed by atoms with van der Waals surface area (Å²) in [6.07, 6.45) is 6.37. The van der Waals surface area contributed by atoms with Crippen LogP contribution in [-0.4, -0.2) is 38.1 Å². The van der Waals surface area contributed by atoms with Gasteiger partial charge in [-0.3, -0.25) is 9.78 Å². The van der Waals surface area contributed by atoms with Gasteiger partial charge >= 0.3 is 0 Å². The van der Waals surface area contributed by atoms with Gasteiger partial charge in [0.25, 0.3) is 0 Å². The van der Waals surface area contributed by atoms with Gasteiger partial charge in [0, 0.05) is 23.8 Å². The summed E-state index contributed by atoms with van der Waals surface area (Å²) >= 11 is 1.51. The first-order valence-electron chi connectivity index (χ1n) is 8.68. The minimum absolute atomic E-state index is 0.0789. The monoisotopic (exact) mass is 370 g/mol. The predicted molar refractivity (Wildman–Crippen MR) is 99.3 cm³/mol. The van der Waals surface area contributed by atoms with E-state index in [0.717, 1.165) is 42.0 Å². The summed E-state index contributed by atoms with van der Waals surface area (Å²) in [5.41, 5.74) is 1.40. The first kappa shape index (κ1) is 17.0. The molecule has 26 heavy (non-hydrogen) atoms. The van der Waals surface area contributed by atoms with Crippen molar-refractivity contribution in [2.24, 2.45) is 0 Å². The molecule has 1 atom stereocenters. The van der Waals surface area contributed by atoms with Crippen LogP contribution in [0.15, 0.2) is 47.6 Å². The molecule has 0 bridgehead atoms. The number of nitrogens with one attached hydrogen (secondary N) is 1. The third-order valence-electron chi connectivity index (χ3n) is 4.61. The molecule has 1 N–H and O–H groups in total. The maximum atomic E-state index is 13.4. The lowest BCUT2D eigenvalue weighted by Gasteiger charge is -2.34. The number of hydrogen-bond donors (Lipinski definition) is 1. The smallest absolute Gasteiger partial charge is 0.233 e.